The summed E-state index contributed by atoms with van der Waals surface area (Å²) in [5, 5.41) is 25.8. The lowest BCUT2D eigenvalue weighted by Gasteiger charge is -2.25. The predicted octanol–water partition coefficient (Wildman–Crippen LogP) is 2.77. The van der Waals surface area contributed by atoms with Crippen molar-refractivity contribution in [3.05, 3.63) is 71.7 Å². The van der Waals surface area contributed by atoms with Crippen molar-refractivity contribution in [2.75, 3.05) is 0 Å². The van der Waals surface area contributed by atoms with Gasteiger partial charge in [0.2, 0.25) is 0 Å². The minimum atomic E-state index is -0.173. The number of aliphatic hydroxyl groups excluding tert-OH is 1. The van der Waals surface area contributed by atoms with Gasteiger partial charge in [0.25, 0.3) is 5.01 Å². The Morgan fingerprint density at radius 1 is 1.28 bits per heavy atom. The fourth-order valence-corrected chi connectivity index (χ4v) is 3.85. The van der Waals surface area contributed by atoms with E-state index in [0.717, 1.165) is 21.8 Å². The number of allylic oxidation sites excluding steroid dienone is 1. The van der Waals surface area contributed by atoms with Crippen LogP contribution in [0.15, 0.2) is 59.2 Å². The molecule has 0 bridgehead atoms. The molecule has 3 aromatic rings. The molecular formula is C19H14N3O2S-. The van der Waals surface area contributed by atoms with Crippen LogP contribution in [0.3, 0.4) is 0 Å². The van der Waals surface area contributed by atoms with Gasteiger partial charge in [-0.3, -0.25) is 9.98 Å². The molecule has 0 atom stereocenters. The van der Waals surface area contributed by atoms with Gasteiger partial charge in [0.05, 0.1) is 11.9 Å². The van der Waals surface area contributed by atoms with Gasteiger partial charge >= 0.3 is 0 Å². The minimum Gasteiger partial charge on any atom is -0.885 e. The minimum absolute atomic E-state index is 0.0345. The summed E-state index contributed by atoms with van der Waals surface area (Å²) in [5.41, 5.74) is 3.36. The molecule has 0 spiro atoms. The lowest BCUT2D eigenvalue weighted by Crippen LogP contribution is -2.43. The Bertz CT molecular complexity index is 991. The summed E-state index contributed by atoms with van der Waals surface area (Å²) in [7, 11) is 0. The van der Waals surface area contributed by atoms with E-state index in [0.29, 0.717) is 11.3 Å². The molecule has 4 rings (SSSR count). The SMILES string of the molecule is C[C-](O)[n+]1c(C([O-])=C2C=Nc3ccccc32)c[s+][c-]1-c1cccnc1. The van der Waals surface area contributed by atoms with Crippen molar-refractivity contribution in [3.63, 3.8) is 0 Å². The van der Waals surface area contributed by atoms with Gasteiger partial charge in [-0.25, -0.2) is 0 Å². The number of nitrogens with zero attached hydrogens (tertiary/aromatic N) is 3. The molecule has 1 aromatic carbocycles. The first kappa shape index (κ1) is 15.6. The summed E-state index contributed by atoms with van der Waals surface area (Å²) in [6.45, 7) is 1.56. The molecule has 3 heterocycles. The van der Waals surface area contributed by atoms with Crippen LogP contribution in [-0.4, -0.2) is 16.3 Å². The Hall–Kier alpha value is -2.96. The maximum absolute atomic E-state index is 13.1. The third kappa shape index (κ3) is 2.61. The molecule has 0 radical (unpaired) electrons. The molecule has 25 heavy (non-hydrogen) atoms. The zero-order chi connectivity index (χ0) is 17.4. The summed E-state index contributed by atoms with van der Waals surface area (Å²) < 4.78 is 1.56. The quantitative estimate of drug-likeness (QED) is 0.342. The molecular weight excluding hydrogens is 334 g/mol. The van der Waals surface area contributed by atoms with Crippen LogP contribution in [0.25, 0.3) is 21.9 Å². The van der Waals surface area contributed by atoms with Crippen molar-refractivity contribution < 1.29 is 14.8 Å². The van der Waals surface area contributed by atoms with Crippen LogP contribution in [0.5, 0.6) is 0 Å². The third-order valence-corrected chi connectivity index (χ3v) is 4.95. The molecule has 5 nitrogen and oxygen atoms in total. The largest absolute Gasteiger partial charge is 0.885 e. The Balaban J connectivity index is 1.89. The van der Waals surface area contributed by atoms with Crippen LogP contribution in [-0.2, 0) is 0 Å². The van der Waals surface area contributed by atoms with E-state index in [2.05, 4.69) is 9.98 Å². The van der Waals surface area contributed by atoms with Gasteiger partial charge in [0.15, 0.2) is 0 Å². The summed E-state index contributed by atoms with van der Waals surface area (Å²) in [5.74, 6) is -0.173. The van der Waals surface area contributed by atoms with E-state index in [9.17, 15) is 10.2 Å². The molecule has 6 heteroatoms. The van der Waals surface area contributed by atoms with Crippen LogP contribution in [0.1, 0.15) is 18.2 Å². The Morgan fingerprint density at radius 3 is 2.88 bits per heavy atom. The molecule has 1 aliphatic heterocycles. The number of aliphatic imine (C=N–C) groups is 1. The molecule has 1 N–H and O–H groups in total. The van der Waals surface area contributed by atoms with Crippen molar-refractivity contribution >= 4 is 34.6 Å². The average Bonchev–Trinajstić information content (AvgIpc) is 3.26. The second-order valence-electron chi connectivity index (χ2n) is 5.57. The monoisotopic (exact) mass is 348 g/mol. The molecule has 2 aromatic heterocycles. The molecule has 1 aliphatic rings. The molecule has 124 valence electrons. The average molecular weight is 348 g/mol. The van der Waals surface area contributed by atoms with Crippen molar-refractivity contribution in [2.24, 2.45) is 4.99 Å². The number of para-hydroxylation sites is 1. The van der Waals surface area contributed by atoms with Gasteiger partial charge in [-0.05, 0) is 17.7 Å². The third-order valence-electron chi connectivity index (χ3n) is 3.96. The first-order valence-corrected chi connectivity index (χ1v) is 8.56. The fourth-order valence-electron chi connectivity index (χ4n) is 2.83. The topological polar surface area (TPSA) is 72.4 Å². The summed E-state index contributed by atoms with van der Waals surface area (Å²) in [6.07, 6.45) is 5.02. The van der Waals surface area contributed by atoms with E-state index in [-0.39, 0.29) is 12.0 Å². The number of aromatic nitrogens is 2. The van der Waals surface area contributed by atoms with Gasteiger partial charge in [-0.1, -0.05) is 31.2 Å². The number of fused-ring (bicyclic) bond motifs is 1. The predicted molar refractivity (Wildman–Crippen MR) is 95.4 cm³/mol. The van der Waals surface area contributed by atoms with Crippen molar-refractivity contribution in [3.8, 4) is 10.6 Å². The smallest absolute Gasteiger partial charge is 0.260 e. The molecule has 0 unspecified atom stereocenters. The lowest BCUT2D eigenvalue weighted by atomic mass is 10.1. The Morgan fingerprint density at radius 2 is 2.12 bits per heavy atom. The summed E-state index contributed by atoms with van der Waals surface area (Å²) in [4.78, 5) is 8.41. The van der Waals surface area contributed by atoms with Crippen LogP contribution < -0.4 is 9.67 Å². The van der Waals surface area contributed by atoms with Crippen LogP contribution in [0.2, 0.25) is 0 Å². The first-order chi connectivity index (χ1) is 12.2. The molecule has 0 amide bonds. The molecule has 0 saturated heterocycles. The number of aliphatic hydroxyl groups is 1. The first-order valence-electron chi connectivity index (χ1n) is 7.69. The standard InChI is InChI=1S/C19H15N3O2S/c1-12(23)22-17(11-25-19(22)13-5-4-8-20-9-13)18(24)15-10-21-16-7-3-2-6-14(15)16/h2-11,23-24H,1H3/p-1. The summed E-state index contributed by atoms with van der Waals surface area (Å²) in [6, 6.07) is 11.2. The molecule has 0 fully saturated rings. The maximum atomic E-state index is 13.1. The van der Waals surface area contributed by atoms with Gasteiger partial charge in [-0.2, -0.15) is 0 Å². The highest BCUT2D eigenvalue weighted by atomic mass is 32.1. The number of hydrogen-bond acceptors (Lipinski definition) is 4. The zero-order valence-electron chi connectivity index (χ0n) is 13.4. The van der Waals surface area contributed by atoms with Crippen molar-refractivity contribution in [1.29, 1.82) is 0 Å². The van der Waals surface area contributed by atoms with Gasteiger partial charge in [-0.15, -0.1) is 5.76 Å². The highest BCUT2D eigenvalue weighted by molar-refractivity contribution is 7.12. The number of thiazole rings is 1. The van der Waals surface area contributed by atoms with E-state index in [4.69, 9.17) is 0 Å². The van der Waals surface area contributed by atoms with E-state index in [1.165, 1.54) is 11.3 Å². The summed E-state index contributed by atoms with van der Waals surface area (Å²) >= 11 is 1.39. The number of pyridine rings is 1. The number of rotatable bonds is 3. The lowest BCUT2D eigenvalue weighted by molar-refractivity contribution is -0.674. The van der Waals surface area contributed by atoms with Crippen LogP contribution >= 0.6 is 11.3 Å². The normalized spacial score (nSPS) is 14.5. The second-order valence-corrected chi connectivity index (χ2v) is 6.43. The van der Waals surface area contributed by atoms with E-state index in [1.54, 1.807) is 35.5 Å². The number of benzene rings is 1. The fraction of sp³-hybridized carbons (Fsp3) is 0.0526. The van der Waals surface area contributed by atoms with Gasteiger partial charge in [0, 0.05) is 35.4 Å². The number of hydrogen-bond donors (Lipinski definition) is 1. The van der Waals surface area contributed by atoms with E-state index in [1.807, 2.05) is 36.4 Å². The van der Waals surface area contributed by atoms with E-state index >= 15 is 0 Å². The van der Waals surface area contributed by atoms with Crippen molar-refractivity contribution in [2.45, 2.75) is 6.92 Å². The van der Waals surface area contributed by atoms with Gasteiger partial charge < -0.3 is 14.8 Å². The Labute approximate surface area is 148 Å². The highest BCUT2D eigenvalue weighted by Crippen LogP contribution is 2.35. The second kappa shape index (κ2) is 6.16. The highest BCUT2D eigenvalue weighted by Gasteiger charge is 2.19. The van der Waals surface area contributed by atoms with Crippen LogP contribution in [0.4, 0.5) is 5.69 Å². The zero-order valence-corrected chi connectivity index (χ0v) is 14.2. The molecule has 0 saturated carbocycles. The molecule has 0 aliphatic carbocycles. The van der Waals surface area contributed by atoms with E-state index < -0.39 is 0 Å². The Kier molecular flexibility index (Phi) is 3.83. The van der Waals surface area contributed by atoms with Crippen LogP contribution in [0, 0.1) is 6.23 Å². The van der Waals surface area contributed by atoms with Crippen molar-refractivity contribution in [1.82, 2.24) is 4.98 Å². The van der Waals surface area contributed by atoms with Gasteiger partial charge in [0.1, 0.15) is 16.7 Å². The maximum Gasteiger partial charge on any atom is 0.260 e.